The highest BCUT2D eigenvalue weighted by Gasteiger charge is 2.46. The summed E-state index contributed by atoms with van der Waals surface area (Å²) in [6.07, 6.45) is 8.03. The van der Waals surface area contributed by atoms with Gasteiger partial charge in [0.1, 0.15) is 0 Å². The Labute approximate surface area is 108 Å². The van der Waals surface area contributed by atoms with Crippen LogP contribution in [0.15, 0.2) is 18.5 Å². The summed E-state index contributed by atoms with van der Waals surface area (Å²) in [6.45, 7) is 1.74. The fourth-order valence-electron chi connectivity index (χ4n) is 3.60. The predicted octanol–water partition coefficient (Wildman–Crippen LogP) is 2.07. The number of hydrogen-bond acceptors (Lipinski definition) is 2. The maximum absolute atomic E-state index is 12.1. The monoisotopic (exact) mass is 268 g/mol. The van der Waals surface area contributed by atoms with Crippen LogP contribution in [0.25, 0.3) is 0 Å². The van der Waals surface area contributed by atoms with E-state index in [1.807, 2.05) is 16.7 Å². The Morgan fingerprint density at radius 1 is 1.33 bits per heavy atom. The predicted molar refractivity (Wildman–Crippen MR) is 70.9 cm³/mol. The van der Waals surface area contributed by atoms with Crippen LogP contribution in [-0.2, 0) is 10.0 Å². The van der Waals surface area contributed by atoms with E-state index in [1.54, 1.807) is 6.92 Å². The van der Waals surface area contributed by atoms with Crippen molar-refractivity contribution in [2.45, 2.75) is 50.6 Å². The quantitative estimate of drug-likeness (QED) is 0.912. The van der Waals surface area contributed by atoms with Gasteiger partial charge in [-0.05, 0) is 50.2 Å². The molecule has 1 aromatic heterocycles. The van der Waals surface area contributed by atoms with Gasteiger partial charge in [-0.1, -0.05) is 0 Å². The Bertz CT molecular complexity index is 495. The molecule has 2 fully saturated rings. The van der Waals surface area contributed by atoms with Gasteiger partial charge < -0.3 is 4.98 Å². The number of nitrogens with one attached hydrogen (secondary N) is 1. The van der Waals surface area contributed by atoms with Crippen molar-refractivity contribution in [3.05, 3.63) is 24.0 Å². The highest BCUT2D eigenvalue weighted by atomic mass is 32.2. The van der Waals surface area contributed by atoms with Crippen molar-refractivity contribution in [2.75, 3.05) is 5.75 Å². The number of fused-ring (bicyclic) bond motifs is 2. The number of aromatic amines is 1. The van der Waals surface area contributed by atoms with Gasteiger partial charge in [-0.15, -0.1) is 0 Å². The molecule has 0 saturated carbocycles. The zero-order valence-electron chi connectivity index (χ0n) is 10.7. The minimum absolute atomic E-state index is 0.230. The number of sulfonamides is 1. The molecular formula is C13H20N2O2S. The topological polar surface area (TPSA) is 53.2 Å². The summed E-state index contributed by atoms with van der Waals surface area (Å²) in [5.41, 5.74) is 1.33. The molecule has 2 unspecified atom stereocenters. The van der Waals surface area contributed by atoms with Crippen LogP contribution in [0.2, 0.25) is 0 Å². The summed E-state index contributed by atoms with van der Waals surface area (Å²) in [7, 11) is -3.02. The highest BCUT2D eigenvalue weighted by molar-refractivity contribution is 7.89. The first-order chi connectivity index (χ1) is 8.62. The largest absolute Gasteiger partial charge is 0.367 e. The second kappa shape index (κ2) is 4.38. The van der Waals surface area contributed by atoms with Crippen LogP contribution in [0.5, 0.6) is 0 Å². The lowest BCUT2D eigenvalue weighted by molar-refractivity contribution is 0.226. The molecule has 0 aliphatic carbocycles. The van der Waals surface area contributed by atoms with E-state index >= 15 is 0 Å². The SMILES string of the molecule is CCS(=O)(=O)N1C2CCC1CC(c1cc[nH]c1)C2. The van der Waals surface area contributed by atoms with Crippen molar-refractivity contribution in [2.24, 2.45) is 0 Å². The minimum Gasteiger partial charge on any atom is -0.367 e. The summed E-state index contributed by atoms with van der Waals surface area (Å²) >= 11 is 0. The average molecular weight is 268 g/mol. The fraction of sp³-hybridized carbons (Fsp3) is 0.692. The maximum Gasteiger partial charge on any atom is 0.214 e. The highest BCUT2D eigenvalue weighted by Crippen LogP contribution is 2.44. The molecule has 2 aliphatic heterocycles. The molecule has 18 heavy (non-hydrogen) atoms. The number of piperidine rings is 1. The van der Waals surface area contributed by atoms with Crippen LogP contribution in [0, 0.1) is 0 Å². The molecule has 2 bridgehead atoms. The number of rotatable bonds is 3. The smallest absolute Gasteiger partial charge is 0.214 e. The molecule has 0 spiro atoms. The lowest BCUT2D eigenvalue weighted by Gasteiger charge is -2.37. The fourth-order valence-corrected chi connectivity index (χ4v) is 5.19. The number of H-pyrrole nitrogens is 1. The number of hydrogen-bond donors (Lipinski definition) is 1. The van der Waals surface area contributed by atoms with E-state index in [-0.39, 0.29) is 17.8 Å². The first-order valence-corrected chi connectivity index (χ1v) is 8.36. The summed E-state index contributed by atoms with van der Waals surface area (Å²) in [5.74, 6) is 0.756. The van der Waals surface area contributed by atoms with Gasteiger partial charge in [0.05, 0.1) is 5.75 Å². The summed E-state index contributed by atoms with van der Waals surface area (Å²) in [4.78, 5) is 3.10. The van der Waals surface area contributed by atoms with E-state index in [4.69, 9.17) is 0 Å². The average Bonchev–Trinajstić information content (AvgIpc) is 2.96. The summed E-state index contributed by atoms with van der Waals surface area (Å²) in [6, 6.07) is 2.58. The lowest BCUT2D eigenvalue weighted by atomic mass is 9.88. The van der Waals surface area contributed by atoms with Crippen molar-refractivity contribution in [3.63, 3.8) is 0 Å². The molecule has 100 valence electrons. The van der Waals surface area contributed by atoms with Gasteiger partial charge in [-0.3, -0.25) is 0 Å². The van der Waals surface area contributed by atoms with Crippen LogP contribution in [0.4, 0.5) is 0 Å². The third-order valence-electron chi connectivity index (χ3n) is 4.45. The van der Waals surface area contributed by atoms with Gasteiger partial charge in [0, 0.05) is 24.5 Å². The normalized spacial score (nSPS) is 32.8. The van der Waals surface area contributed by atoms with E-state index in [1.165, 1.54) is 5.56 Å². The Morgan fingerprint density at radius 3 is 2.50 bits per heavy atom. The first kappa shape index (κ1) is 12.2. The molecule has 3 heterocycles. The van der Waals surface area contributed by atoms with Gasteiger partial charge in [0.2, 0.25) is 10.0 Å². The zero-order valence-corrected chi connectivity index (χ0v) is 11.5. The van der Waals surface area contributed by atoms with Crippen LogP contribution < -0.4 is 0 Å². The Morgan fingerprint density at radius 2 is 2.00 bits per heavy atom. The third-order valence-corrected chi connectivity index (χ3v) is 6.41. The van der Waals surface area contributed by atoms with Crippen molar-refractivity contribution in [1.82, 2.24) is 9.29 Å². The second-order valence-electron chi connectivity index (χ2n) is 5.43. The Hall–Kier alpha value is -0.810. The zero-order chi connectivity index (χ0) is 12.8. The van der Waals surface area contributed by atoms with Crippen LogP contribution in [-0.4, -0.2) is 35.5 Å². The number of nitrogens with zero attached hydrogens (tertiary/aromatic N) is 1. The third kappa shape index (κ3) is 1.89. The molecule has 0 radical (unpaired) electrons. The Kier molecular flexibility index (Phi) is 2.98. The second-order valence-corrected chi connectivity index (χ2v) is 7.59. The van der Waals surface area contributed by atoms with Gasteiger partial charge in [-0.25, -0.2) is 8.42 Å². The lowest BCUT2D eigenvalue weighted by Crippen LogP contribution is -2.46. The molecule has 4 nitrogen and oxygen atoms in total. The molecule has 1 aromatic rings. The number of aromatic nitrogens is 1. The molecule has 3 rings (SSSR count). The van der Waals surface area contributed by atoms with Crippen molar-refractivity contribution < 1.29 is 8.42 Å². The van der Waals surface area contributed by atoms with Gasteiger partial charge >= 0.3 is 0 Å². The van der Waals surface area contributed by atoms with Crippen LogP contribution in [0.1, 0.15) is 44.1 Å². The van der Waals surface area contributed by atoms with E-state index in [0.29, 0.717) is 5.92 Å². The van der Waals surface area contributed by atoms with E-state index in [2.05, 4.69) is 11.1 Å². The molecule has 1 N–H and O–H groups in total. The van der Waals surface area contributed by atoms with Gasteiger partial charge in [0.25, 0.3) is 0 Å². The van der Waals surface area contributed by atoms with Crippen molar-refractivity contribution in [3.8, 4) is 0 Å². The Balaban J connectivity index is 1.83. The van der Waals surface area contributed by atoms with E-state index in [9.17, 15) is 8.42 Å². The van der Waals surface area contributed by atoms with E-state index in [0.717, 1.165) is 25.7 Å². The van der Waals surface area contributed by atoms with Gasteiger partial charge in [0.15, 0.2) is 0 Å². The first-order valence-electron chi connectivity index (χ1n) is 6.75. The molecule has 5 heteroatoms. The van der Waals surface area contributed by atoms with Crippen LogP contribution in [0.3, 0.4) is 0 Å². The van der Waals surface area contributed by atoms with Crippen LogP contribution >= 0.6 is 0 Å². The molecule has 2 saturated heterocycles. The van der Waals surface area contributed by atoms with Crippen molar-refractivity contribution >= 4 is 10.0 Å². The summed E-state index contributed by atoms with van der Waals surface area (Å²) < 4.78 is 26.1. The molecular weight excluding hydrogens is 248 g/mol. The standard InChI is InChI=1S/C13H20N2O2S/c1-2-18(16,17)15-12-3-4-13(15)8-11(7-12)10-5-6-14-9-10/h5-6,9,11-14H,2-4,7-8H2,1H3. The molecule has 0 aromatic carbocycles. The maximum atomic E-state index is 12.1. The molecule has 2 atom stereocenters. The van der Waals surface area contributed by atoms with E-state index < -0.39 is 10.0 Å². The van der Waals surface area contributed by atoms with Crippen molar-refractivity contribution in [1.29, 1.82) is 0 Å². The molecule has 2 aliphatic rings. The molecule has 0 amide bonds. The summed E-state index contributed by atoms with van der Waals surface area (Å²) in [5, 5.41) is 0. The minimum atomic E-state index is -3.02. The van der Waals surface area contributed by atoms with Gasteiger partial charge in [-0.2, -0.15) is 4.31 Å².